The van der Waals surface area contributed by atoms with Crippen molar-refractivity contribution in [2.24, 2.45) is 0 Å². The lowest BCUT2D eigenvalue weighted by Crippen LogP contribution is -2.29. The summed E-state index contributed by atoms with van der Waals surface area (Å²) in [5.74, 6) is 1.33. The van der Waals surface area contributed by atoms with Crippen molar-refractivity contribution in [3.8, 4) is 5.88 Å². The lowest BCUT2D eigenvalue weighted by Gasteiger charge is -2.26. The molecule has 1 aromatic rings. The summed E-state index contributed by atoms with van der Waals surface area (Å²) in [5.41, 5.74) is 6.67. The van der Waals surface area contributed by atoms with E-state index in [-0.39, 0.29) is 0 Å². The first-order chi connectivity index (χ1) is 8.83. The molecular weight excluding hydrogens is 228 g/mol. The maximum Gasteiger partial charge on any atom is 0.242 e. The van der Waals surface area contributed by atoms with Gasteiger partial charge < -0.3 is 15.4 Å². The standard InChI is InChI=1S/C13H22N4O/c1-2-18-13-11(14)12(15-10-16-13)17-8-6-4-3-5-7-9-17/h10H,2-9,14H2,1H3. The van der Waals surface area contributed by atoms with Gasteiger partial charge in [0.15, 0.2) is 5.82 Å². The van der Waals surface area contributed by atoms with E-state index < -0.39 is 0 Å². The zero-order valence-electron chi connectivity index (χ0n) is 11.1. The van der Waals surface area contributed by atoms with Gasteiger partial charge in [-0.2, -0.15) is 4.98 Å². The Labute approximate surface area is 108 Å². The number of nitrogens with two attached hydrogens (primary N) is 1. The van der Waals surface area contributed by atoms with E-state index in [1.807, 2.05) is 6.92 Å². The Morgan fingerprint density at radius 3 is 2.50 bits per heavy atom. The molecule has 2 rings (SSSR count). The first-order valence-electron chi connectivity index (χ1n) is 6.81. The number of hydrogen-bond donors (Lipinski definition) is 1. The number of nitrogen functional groups attached to an aromatic ring is 1. The predicted octanol–water partition coefficient (Wildman–Crippen LogP) is 2.23. The van der Waals surface area contributed by atoms with Gasteiger partial charge >= 0.3 is 0 Å². The SMILES string of the molecule is CCOc1ncnc(N2CCCCCCC2)c1N. The van der Waals surface area contributed by atoms with Crippen molar-refractivity contribution in [1.82, 2.24) is 9.97 Å². The van der Waals surface area contributed by atoms with Crippen LogP contribution in [-0.4, -0.2) is 29.7 Å². The lowest BCUT2D eigenvalue weighted by molar-refractivity contribution is 0.328. The van der Waals surface area contributed by atoms with Crippen molar-refractivity contribution >= 4 is 11.5 Å². The lowest BCUT2D eigenvalue weighted by atomic mass is 10.1. The van der Waals surface area contributed by atoms with Crippen molar-refractivity contribution in [3.05, 3.63) is 6.33 Å². The Morgan fingerprint density at radius 1 is 1.17 bits per heavy atom. The molecule has 1 aromatic heterocycles. The van der Waals surface area contributed by atoms with Crippen molar-refractivity contribution < 1.29 is 4.74 Å². The highest BCUT2D eigenvalue weighted by atomic mass is 16.5. The summed E-state index contributed by atoms with van der Waals surface area (Å²) in [6, 6.07) is 0. The molecule has 0 atom stereocenters. The average Bonchev–Trinajstić information content (AvgIpc) is 2.33. The van der Waals surface area contributed by atoms with Crippen molar-refractivity contribution in [2.75, 3.05) is 30.3 Å². The molecule has 1 fully saturated rings. The van der Waals surface area contributed by atoms with E-state index in [4.69, 9.17) is 10.5 Å². The summed E-state index contributed by atoms with van der Waals surface area (Å²) in [7, 11) is 0. The van der Waals surface area contributed by atoms with Crippen molar-refractivity contribution in [2.45, 2.75) is 39.0 Å². The van der Waals surface area contributed by atoms with E-state index in [1.54, 1.807) is 0 Å². The van der Waals surface area contributed by atoms with Crippen LogP contribution in [0.25, 0.3) is 0 Å². The van der Waals surface area contributed by atoms with Crippen LogP contribution in [0.3, 0.4) is 0 Å². The third-order valence-corrected chi connectivity index (χ3v) is 3.26. The second-order valence-electron chi connectivity index (χ2n) is 4.60. The minimum absolute atomic E-state index is 0.504. The van der Waals surface area contributed by atoms with Gasteiger partial charge in [0.2, 0.25) is 5.88 Å². The number of aromatic nitrogens is 2. The zero-order chi connectivity index (χ0) is 12.8. The normalized spacial score (nSPS) is 17.1. The van der Waals surface area contributed by atoms with E-state index in [9.17, 15) is 0 Å². The molecule has 0 amide bonds. The summed E-state index contributed by atoms with van der Waals surface area (Å²) in [4.78, 5) is 10.7. The minimum atomic E-state index is 0.504. The van der Waals surface area contributed by atoms with Crippen LogP contribution < -0.4 is 15.4 Å². The molecule has 0 spiro atoms. The summed E-state index contributed by atoms with van der Waals surface area (Å²) >= 11 is 0. The fourth-order valence-electron chi connectivity index (χ4n) is 2.33. The molecule has 5 nitrogen and oxygen atoms in total. The van der Waals surface area contributed by atoms with Gasteiger partial charge in [-0.1, -0.05) is 19.3 Å². The number of anilines is 2. The Morgan fingerprint density at radius 2 is 1.83 bits per heavy atom. The van der Waals surface area contributed by atoms with Gasteiger partial charge in [-0.3, -0.25) is 0 Å². The van der Waals surface area contributed by atoms with Crippen LogP contribution in [0.2, 0.25) is 0 Å². The molecular formula is C13H22N4O. The van der Waals surface area contributed by atoms with Gasteiger partial charge in [0.05, 0.1) is 6.61 Å². The molecule has 0 aromatic carbocycles. The molecule has 0 saturated carbocycles. The summed E-state index contributed by atoms with van der Waals surface area (Å²) in [6.07, 6.45) is 7.87. The molecule has 0 radical (unpaired) electrons. The Kier molecular flexibility index (Phi) is 4.61. The summed E-state index contributed by atoms with van der Waals surface area (Å²) < 4.78 is 5.42. The number of ether oxygens (including phenoxy) is 1. The van der Waals surface area contributed by atoms with Gasteiger partial charge in [0, 0.05) is 13.1 Å². The smallest absolute Gasteiger partial charge is 0.242 e. The quantitative estimate of drug-likeness (QED) is 0.891. The predicted molar refractivity (Wildman–Crippen MR) is 72.9 cm³/mol. The number of hydrogen-bond acceptors (Lipinski definition) is 5. The molecule has 1 aliphatic rings. The largest absolute Gasteiger partial charge is 0.476 e. The second-order valence-corrected chi connectivity index (χ2v) is 4.60. The number of rotatable bonds is 3. The fraction of sp³-hybridized carbons (Fsp3) is 0.692. The van der Waals surface area contributed by atoms with E-state index in [1.165, 1.54) is 38.4 Å². The van der Waals surface area contributed by atoms with Crippen LogP contribution >= 0.6 is 0 Å². The van der Waals surface area contributed by atoms with E-state index in [0.29, 0.717) is 18.2 Å². The Hall–Kier alpha value is -1.52. The van der Waals surface area contributed by atoms with E-state index in [2.05, 4.69) is 14.9 Å². The highest BCUT2D eigenvalue weighted by Gasteiger charge is 2.16. The van der Waals surface area contributed by atoms with Crippen LogP contribution in [0.15, 0.2) is 6.33 Å². The molecule has 0 unspecified atom stereocenters. The van der Waals surface area contributed by atoms with Crippen LogP contribution in [0, 0.1) is 0 Å². The van der Waals surface area contributed by atoms with E-state index >= 15 is 0 Å². The van der Waals surface area contributed by atoms with Crippen LogP contribution in [0.5, 0.6) is 5.88 Å². The first-order valence-corrected chi connectivity index (χ1v) is 6.81. The highest BCUT2D eigenvalue weighted by molar-refractivity contribution is 5.67. The molecule has 0 bridgehead atoms. The molecule has 100 valence electrons. The summed E-state index contributed by atoms with van der Waals surface area (Å²) in [5, 5.41) is 0. The second kappa shape index (κ2) is 6.42. The maximum absolute atomic E-state index is 6.10. The summed E-state index contributed by atoms with van der Waals surface area (Å²) in [6.45, 7) is 4.54. The highest BCUT2D eigenvalue weighted by Crippen LogP contribution is 2.29. The molecule has 2 heterocycles. The van der Waals surface area contributed by atoms with E-state index in [0.717, 1.165) is 18.9 Å². The third kappa shape index (κ3) is 3.03. The Balaban J connectivity index is 2.17. The topological polar surface area (TPSA) is 64.3 Å². The number of nitrogens with zero attached hydrogens (tertiary/aromatic N) is 3. The molecule has 18 heavy (non-hydrogen) atoms. The fourth-order valence-corrected chi connectivity index (χ4v) is 2.33. The van der Waals surface area contributed by atoms with Gasteiger partial charge in [-0.25, -0.2) is 4.98 Å². The van der Waals surface area contributed by atoms with Gasteiger partial charge in [0.25, 0.3) is 0 Å². The average molecular weight is 250 g/mol. The van der Waals surface area contributed by atoms with Gasteiger partial charge in [0.1, 0.15) is 12.0 Å². The monoisotopic (exact) mass is 250 g/mol. The molecule has 5 heteroatoms. The van der Waals surface area contributed by atoms with Crippen LogP contribution in [-0.2, 0) is 0 Å². The molecule has 1 aliphatic heterocycles. The van der Waals surface area contributed by atoms with Crippen LogP contribution in [0.1, 0.15) is 39.0 Å². The Bertz CT molecular complexity index is 375. The van der Waals surface area contributed by atoms with Gasteiger partial charge in [-0.05, 0) is 19.8 Å². The first kappa shape index (κ1) is 12.9. The maximum atomic E-state index is 6.10. The zero-order valence-corrected chi connectivity index (χ0v) is 11.1. The van der Waals surface area contributed by atoms with Crippen molar-refractivity contribution in [3.63, 3.8) is 0 Å². The third-order valence-electron chi connectivity index (χ3n) is 3.26. The van der Waals surface area contributed by atoms with Crippen molar-refractivity contribution in [1.29, 1.82) is 0 Å². The minimum Gasteiger partial charge on any atom is -0.476 e. The molecule has 1 saturated heterocycles. The molecule has 0 aliphatic carbocycles. The van der Waals surface area contributed by atoms with Gasteiger partial charge in [-0.15, -0.1) is 0 Å². The van der Waals surface area contributed by atoms with Crippen LogP contribution in [0.4, 0.5) is 11.5 Å². The molecule has 2 N–H and O–H groups in total.